The van der Waals surface area contributed by atoms with E-state index in [9.17, 15) is 13.5 Å². The van der Waals surface area contributed by atoms with E-state index in [4.69, 9.17) is 9.66 Å². The average molecular weight is 227 g/mol. The van der Waals surface area contributed by atoms with Crippen molar-refractivity contribution in [1.29, 1.82) is 0 Å². The highest BCUT2D eigenvalue weighted by Crippen LogP contribution is 2.03. The van der Waals surface area contributed by atoms with Crippen LogP contribution in [0.2, 0.25) is 0 Å². The molecule has 0 aliphatic carbocycles. The third-order valence-electron chi connectivity index (χ3n) is 1.60. The number of nitrogens with one attached hydrogen (secondary N) is 1. The minimum atomic E-state index is -4.04. The summed E-state index contributed by atoms with van der Waals surface area (Å²) in [6.07, 6.45) is -1.19. The van der Waals surface area contributed by atoms with Gasteiger partial charge in [-0.1, -0.05) is 0 Å². The van der Waals surface area contributed by atoms with E-state index in [1.54, 1.807) is 13.8 Å². The molecule has 0 spiro atoms. The van der Waals surface area contributed by atoms with Gasteiger partial charge in [0, 0.05) is 12.0 Å². The first-order chi connectivity index (χ1) is 6.16. The van der Waals surface area contributed by atoms with E-state index < -0.39 is 27.6 Å². The molecule has 4 N–H and O–H groups in total. The summed E-state index contributed by atoms with van der Waals surface area (Å²) >= 11 is 0. The molecule has 0 aliphatic rings. The monoisotopic (exact) mass is 227 g/mol. The molecule has 0 saturated carbocycles. The highest BCUT2D eigenvalue weighted by Gasteiger charge is 2.20. The van der Waals surface area contributed by atoms with Gasteiger partial charge in [-0.05, 0) is 13.8 Å². The Balaban J connectivity index is 3.94. The lowest BCUT2D eigenvalue weighted by molar-refractivity contribution is 0.0718. The number of hydrogen-bond acceptors (Lipinski definition) is 5. The molecule has 0 rings (SSSR count). The summed E-state index contributed by atoms with van der Waals surface area (Å²) in [6.45, 7) is 3.13. The van der Waals surface area contributed by atoms with Crippen molar-refractivity contribution in [1.82, 2.24) is 5.32 Å². The Morgan fingerprint density at radius 1 is 1.43 bits per heavy atom. The summed E-state index contributed by atoms with van der Waals surface area (Å²) in [6, 6.07) is 0. The number of rotatable bonds is 6. The Morgan fingerprint density at radius 2 is 1.93 bits per heavy atom. The molecule has 0 saturated heterocycles. The molecule has 14 heavy (non-hydrogen) atoms. The zero-order chi connectivity index (χ0) is 11.4. The van der Waals surface area contributed by atoms with Crippen LogP contribution in [0.5, 0.6) is 0 Å². The van der Waals surface area contributed by atoms with Crippen LogP contribution in [0.15, 0.2) is 0 Å². The van der Waals surface area contributed by atoms with Gasteiger partial charge in [0.15, 0.2) is 0 Å². The minimum absolute atomic E-state index is 0.123. The van der Waals surface area contributed by atoms with Crippen molar-refractivity contribution in [2.45, 2.75) is 32.0 Å². The molecule has 1 atom stereocenters. The molecule has 0 heterocycles. The van der Waals surface area contributed by atoms with Crippen molar-refractivity contribution < 1.29 is 23.2 Å². The fourth-order valence-electron chi connectivity index (χ4n) is 0.829. The minimum Gasteiger partial charge on any atom is -0.394 e. The average Bonchev–Trinajstić information content (AvgIpc) is 1.99. The fourth-order valence-corrected chi connectivity index (χ4v) is 1.35. The van der Waals surface area contributed by atoms with Crippen LogP contribution in [-0.4, -0.2) is 47.3 Å². The Kier molecular flexibility index (Phi) is 4.96. The lowest BCUT2D eigenvalue weighted by atomic mass is 10.1. The third-order valence-corrected chi connectivity index (χ3v) is 2.35. The van der Waals surface area contributed by atoms with Gasteiger partial charge in [0.25, 0.3) is 10.1 Å². The van der Waals surface area contributed by atoms with Crippen LogP contribution in [0.3, 0.4) is 0 Å². The van der Waals surface area contributed by atoms with Gasteiger partial charge < -0.3 is 10.2 Å². The van der Waals surface area contributed by atoms with Crippen molar-refractivity contribution in [3.05, 3.63) is 0 Å². The van der Waals surface area contributed by atoms with E-state index in [1.165, 1.54) is 0 Å². The normalized spacial score (nSPS) is 15.5. The van der Waals surface area contributed by atoms with Crippen molar-refractivity contribution in [3.8, 4) is 0 Å². The quantitative estimate of drug-likeness (QED) is 0.340. The van der Waals surface area contributed by atoms with E-state index in [-0.39, 0.29) is 13.0 Å². The van der Waals surface area contributed by atoms with Gasteiger partial charge in [0.1, 0.15) is 6.23 Å². The maximum atomic E-state index is 10.3. The van der Waals surface area contributed by atoms with Gasteiger partial charge in [-0.25, -0.2) is 0 Å². The van der Waals surface area contributed by atoms with Gasteiger partial charge in [-0.15, -0.1) is 0 Å². The van der Waals surface area contributed by atoms with Gasteiger partial charge in [-0.2, -0.15) is 8.42 Å². The molecule has 7 heteroatoms. The molecule has 0 aromatic heterocycles. The molecule has 0 aromatic rings. The van der Waals surface area contributed by atoms with E-state index in [2.05, 4.69) is 5.32 Å². The molecule has 0 radical (unpaired) electrons. The molecule has 0 bridgehead atoms. The Morgan fingerprint density at radius 3 is 2.29 bits per heavy atom. The van der Waals surface area contributed by atoms with Gasteiger partial charge in [0.2, 0.25) is 0 Å². The Bertz CT molecular complexity index is 261. The van der Waals surface area contributed by atoms with Gasteiger partial charge >= 0.3 is 0 Å². The second-order valence-electron chi connectivity index (χ2n) is 3.78. The number of aliphatic hydroxyl groups excluding tert-OH is 2. The lowest BCUT2D eigenvalue weighted by Gasteiger charge is -2.27. The fraction of sp³-hybridized carbons (Fsp3) is 1.00. The third kappa shape index (κ3) is 7.22. The van der Waals surface area contributed by atoms with E-state index in [0.717, 1.165) is 0 Å². The first-order valence-corrected chi connectivity index (χ1v) is 5.79. The van der Waals surface area contributed by atoms with Crippen LogP contribution >= 0.6 is 0 Å². The van der Waals surface area contributed by atoms with Gasteiger partial charge in [0.05, 0.1) is 12.4 Å². The van der Waals surface area contributed by atoms with E-state index in [0.29, 0.717) is 0 Å². The smallest absolute Gasteiger partial charge is 0.265 e. The zero-order valence-corrected chi connectivity index (χ0v) is 9.08. The second kappa shape index (κ2) is 5.04. The summed E-state index contributed by atoms with van der Waals surface area (Å²) < 4.78 is 29.1. The SMILES string of the molecule is CC(C)(CO)NC(O)CCS(=O)(=O)O. The molecule has 86 valence electrons. The highest BCUT2D eigenvalue weighted by molar-refractivity contribution is 7.85. The van der Waals surface area contributed by atoms with Crippen LogP contribution < -0.4 is 5.32 Å². The van der Waals surface area contributed by atoms with Crippen LogP contribution in [0, 0.1) is 0 Å². The Hall–Kier alpha value is -0.210. The summed E-state index contributed by atoms with van der Waals surface area (Å²) in [4.78, 5) is 0. The van der Waals surface area contributed by atoms with Crippen molar-refractivity contribution in [3.63, 3.8) is 0 Å². The second-order valence-corrected chi connectivity index (χ2v) is 5.35. The predicted molar refractivity (Wildman–Crippen MR) is 51.3 cm³/mol. The van der Waals surface area contributed by atoms with Gasteiger partial charge in [-0.3, -0.25) is 9.87 Å². The molecule has 1 unspecified atom stereocenters. The number of hydrogen-bond donors (Lipinski definition) is 4. The molecule has 0 aromatic carbocycles. The molecular weight excluding hydrogens is 210 g/mol. The molecule has 0 fully saturated rings. The van der Waals surface area contributed by atoms with E-state index in [1.807, 2.05) is 0 Å². The van der Waals surface area contributed by atoms with Crippen LogP contribution in [0.25, 0.3) is 0 Å². The molecule has 0 aliphatic heterocycles. The predicted octanol–water partition coefficient (Wildman–Crippen LogP) is -1.06. The maximum Gasteiger partial charge on any atom is 0.265 e. The van der Waals surface area contributed by atoms with E-state index >= 15 is 0 Å². The molecule has 6 nitrogen and oxygen atoms in total. The standard InChI is InChI=1S/C7H17NO5S/c1-7(2,5-9)8-6(10)3-4-14(11,12)13/h6,8-10H,3-5H2,1-2H3,(H,11,12,13). The molecule has 0 amide bonds. The summed E-state index contributed by atoms with van der Waals surface area (Å²) in [7, 11) is -4.04. The summed E-state index contributed by atoms with van der Waals surface area (Å²) in [5, 5.41) is 20.7. The largest absolute Gasteiger partial charge is 0.394 e. The summed E-state index contributed by atoms with van der Waals surface area (Å²) in [5.41, 5.74) is -0.682. The van der Waals surface area contributed by atoms with Crippen LogP contribution in [-0.2, 0) is 10.1 Å². The highest BCUT2D eigenvalue weighted by atomic mass is 32.2. The molecular formula is C7H17NO5S. The van der Waals surface area contributed by atoms with Crippen molar-refractivity contribution >= 4 is 10.1 Å². The van der Waals surface area contributed by atoms with Crippen molar-refractivity contribution in [2.24, 2.45) is 0 Å². The van der Waals surface area contributed by atoms with Crippen LogP contribution in [0.4, 0.5) is 0 Å². The first-order valence-electron chi connectivity index (χ1n) is 4.18. The van der Waals surface area contributed by atoms with Crippen molar-refractivity contribution in [2.75, 3.05) is 12.4 Å². The lowest BCUT2D eigenvalue weighted by Crippen LogP contribution is -2.49. The van der Waals surface area contributed by atoms with Crippen LogP contribution in [0.1, 0.15) is 20.3 Å². The Labute approximate surface area is 83.7 Å². The maximum absolute atomic E-state index is 10.3. The summed E-state index contributed by atoms with van der Waals surface area (Å²) in [5.74, 6) is -0.511. The topological polar surface area (TPSA) is 107 Å². The number of aliphatic hydroxyl groups is 2. The first kappa shape index (κ1) is 13.8. The zero-order valence-electron chi connectivity index (χ0n) is 8.27.